The first-order valence-electron chi connectivity index (χ1n) is 18.3. The lowest BCUT2D eigenvalue weighted by atomic mass is 9.92. The predicted molar refractivity (Wildman–Crippen MR) is 193 cm³/mol. The maximum absolute atomic E-state index is 14.3. The summed E-state index contributed by atoms with van der Waals surface area (Å²) in [6, 6.07) is 3.07. The van der Waals surface area contributed by atoms with E-state index in [0.717, 1.165) is 12.8 Å². The van der Waals surface area contributed by atoms with Crippen molar-refractivity contribution in [3.63, 3.8) is 0 Å². The molecule has 0 radical (unpaired) electrons. The summed E-state index contributed by atoms with van der Waals surface area (Å²) in [6.45, 7) is 9.13. The molecule has 1 unspecified atom stereocenters. The Morgan fingerprint density at radius 1 is 0.868 bits per heavy atom. The number of benzene rings is 1. The van der Waals surface area contributed by atoms with Crippen LogP contribution in [0, 0.1) is 23.7 Å². The number of hydrogen-bond donors (Lipinski definition) is 5. The first kappa shape index (κ1) is 40.6. The van der Waals surface area contributed by atoms with Gasteiger partial charge in [-0.3, -0.25) is 33.8 Å². The molecule has 2 fully saturated rings. The number of Topliss-reactive ketones (excluding diaryl/α,β-unsaturated/α-hetero) is 1. The van der Waals surface area contributed by atoms with Gasteiger partial charge >= 0.3 is 5.97 Å². The topological polar surface area (TPSA) is 217 Å². The summed E-state index contributed by atoms with van der Waals surface area (Å²) in [5.41, 5.74) is 0.691. The zero-order valence-corrected chi connectivity index (χ0v) is 30.9. The van der Waals surface area contributed by atoms with Gasteiger partial charge in [0.2, 0.25) is 23.5 Å². The minimum absolute atomic E-state index is 0.0332. The van der Waals surface area contributed by atoms with Crippen molar-refractivity contribution in [1.29, 1.82) is 0 Å². The number of carboxylic acid groups (broad SMARTS) is 1. The van der Waals surface area contributed by atoms with Gasteiger partial charge in [-0.15, -0.1) is 0 Å². The molecule has 15 nitrogen and oxygen atoms in total. The van der Waals surface area contributed by atoms with Crippen molar-refractivity contribution in [2.24, 2.45) is 23.7 Å². The van der Waals surface area contributed by atoms with Crippen LogP contribution in [-0.4, -0.2) is 98.0 Å². The average molecular weight is 734 g/mol. The fourth-order valence-electron chi connectivity index (χ4n) is 7.22. The Hall–Kier alpha value is -5.21. The molecule has 1 aromatic carbocycles. The van der Waals surface area contributed by atoms with Gasteiger partial charge in [0.1, 0.15) is 29.9 Å². The summed E-state index contributed by atoms with van der Waals surface area (Å²) in [5.74, 6) is -6.53. The molecule has 2 heterocycles. The maximum Gasteiger partial charge on any atom is 0.326 e. The van der Waals surface area contributed by atoms with Crippen LogP contribution in [0.15, 0.2) is 48.9 Å². The summed E-state index contributed by atoms with van der Waals surface area (Å²) < 4.78 is 0. The van der Waals surface area contributed by atoms with E-state index in [1.54, 1.807) is 65.0 Å². The van der Waals surface area contributed by atoms with Gasteiger partial charge in [-0.05, 0) is 48.5 Å². The highest BCUT2D eigenvalue weighted by molar-refractivity contribution is 6.38. The van der Waals surface area contributed by atoms with Crippen molar-refractivity contribution in [3.8, 4) is 0 Å². The van der Waals surface area contributed by atoms with Crippen molar-refractivity contribution >= 4 is 41.3 Å². The van der Waals surface area contributed by atoms with Crippen LogP contribution in [0.25, 0.3) is 0 Å². The van der Waals surface area contributed by atoms with Gasteiger partial charge < -0.3 is 31.3 Å². The average Bonchev–Trinajstić information content (AvgIpc) is 3.74. The molecule has 7 atom stereocenters. The zero-order chi connectivity index (χ0) is 38.8. The van der Waals surface area contributed by atoms with Crippen molar-refractivity contribution in [2.75, 3.05) is 6.54 Å². The lowest BCUT2D eigenvalue weighted by Crippen LogP contribution is -2.60. The third-order valence-electron chi connectivity index (χ3n) is 10.0. The Morgan fingerprint density at radius 3 is 2.17 bits per heavy atom. The number of hydrogen-bond acceptors (Lipinski definition) is 9. The summed E-state index contributed by atoms with van der Waals surface area (Å²) >= 11 is 0. The number of likely N-dealkylation sites (tertiary alicyclic amines) is 1. The Morgan fingerprint density at radius 2 is 1.57 bits per heavy atom. The quantitative estimate of drug-likeness (QED) is 0.148. The lowest BCUT2D eigenvalue weighted by Gasteiger charge is -2.34. The van der Waals surface area contributed by atoms with Crippen molar-refractivity contribution in [2.45, 2.75) is 103 Å². The molecule has 15 heteroatoms. The zero-order valence-electron chi connectivity index (χ0n) is 30.9. The fraction of sp³-hybridized carbons (Fsp3) is 0.553. The Labute approximate surface area is 309 Å². The van der Waals surface area contributed by atoms with Gasteiger partial charge in [-0.2, -0.15) is 0 Å². The summed E-state index contributed by atoms with van der Waals surface area (Å²) in [6.07, 6.45) is 6.93. The van der Waals surface area contributed by atoms with Crippen LogP contribution >= 0.6 is 0 Å². The number of fused-ring (bicyclic) bond motifs is 1. The standard InChI is InChI=1S/C38H51N7O8/c1-6-11-26(32(46)36(50)42-27(38(52)53)18-23-12-8-7-9-13-23)41-35(49)31-25-15-10-14-24(25)20-45(31)37(51)30(22(4)5)44-34(48)29(21(2)3)43-33(47)28-19-39-16-17-40-28/h7-9,12-13,16-17,19,21-22,24-27,29-31H,6,10-11,14-15,18,20H2,1-5H3,(H,41,49)(H,42,50)(H,43,47)(H,44,48)(H,52,53)/t24-,25-,26?,27+,29+,30-,31-/m0/s1. The fourth-order valence-corrected chi connectivity index (χ4v) is 7.22. The second kappa shape index (κ2) is 18.5. The van der Waals surface area contributed by atoms with Crippen LogP contribution in [0.1, 0.15) is 82.8 Å². The summed E-state index contributed by atoms with van der Waals surface area (Å²) in [4.78, 5) is 103. The molecule has 2 aromatic rings. The summed E-state index contributed by atoms with van der Waals surface area (Å²) in [7, 11) is 0. The highest BCUT2D eigenvalue weighted by atomic mass is 16.4. The van der Waals surface area contributed by atoms with Crippen LogP contribution in [0.5, 0.6) is 0 Å². The molecular formula is C38H51N7O8. The van der Waals surface area contributed by atoms with E-state index >= 15 is 0 Å². The smallest absolute Gasteiger partial charge is 0.326 e. The van der Waals surface area contributed by atoms with E-state index in [0.29, 0.717) is 18.4 Å². The maximum atomic E-state index is 14.3. The monoisotopic (exact) mass is 733 g/mol. The highest BCUT2D eigenvalue weighted by Gasteiger charge is 2.51. The number of aliphatic carboxylic acids is 1. The van der Waals surface area contributed by atoms with E-state index < -0.39 is 77.4 Å². The van der Waals surface area contributed by atoms with E-state index in [2.05, 4.69) is 31.2 Å². The minimum Gasteiger partial charge on any atom is -0.480 e. The number of carboxylic acids is 1. The molecule has 1 aromatic heterocycles. The van der Waals surface area contributed by atoms with Crippen LogP contribution < -0.4 is 21.3 Å². The van der Waals surface area contributed by atoms with E-state index in [1.165, 1.54) is 23.5 Å². The molecule has 2 aliphatic rings. The van der Waals surface area contributed by atoms with E-state index in [4.69, 9.17) is 0 Å². The van der Waals surface area contributed by atoms with Crippen molar-refractivity contribution in [1.82, 2.24) is 36.1 Å². The van der Waals surface area contributed by atoms with Crippen molar-refractivity contribution < 1.29 is 38.7 Å². The molecule has 1 aliphatic carbocycles. The molecule has 5 amide bonds. The number of carbonyl (C=O) groups excluding carboxylic acids is 6. The number of ketones is 1. The van der Waals surface area contributed by atoms with Crippen LogP contribution in [0.3, 0.4) is 0 Å². The molecular weight excluding hydrogens is 682 g/mol. The Bertz CT molecular complexity index is 1640. The third-order valence-corrected chi connectivity index (χ3v) is 10.0. The van der Waals surface area contributed by atoms with Gasteiger partial charge in [0.05, 0.1) is 12.2 Å². The molecule has 53 heavy (non-hydrogen) atoms. The molecule has 5 N–H and O–H groups in total. The Kier molecular flexibility index (Phi) is 14.2. The lowest BCUT2D eigenvalue weighted by molar-refractivity contribution is -0.146. The number of carbonyl (C=O) groups is 7. The number of amides is 5. The largest absolute Gasteiger partial charge is 0.480 e. The minimum atomic E-state index is -1.37. The Balaban J connectivity index is 1.50. The number of rotatable bonds is 17. The van der Waals surface area contributed by atoms with Gasteiger partial charge in [0.15, 0.2) is 0 Å². The van der Waals surface area contributed by atoms with Crippen molar-refractivity contribution in [3.05, 3.63) is 60.2 Å². The van der Waals surface area contributed by atoms with Crippen LogP contribution in [-0.2, 0) is 35.2 Å². The molecule has 1 saturated carbocycles. The number of aromatic nitrogens is 2. The molecule has 4 rings (SSSR count). The van der Waals surface area contributed by atoms with Gasteiger partial charge in [0.25, 0.3) is 11.8 Å². The van der Waals surface area contributed by atoms with Crippen LogP contribution in [0.2, 0.25) is 0 Å². The first-order valence-corrected chi connectivity index (χ1v) is 18.3. The molecule has 0 spiro atoms. The number of nitrogens with zero attached hydrogens (tertiary/aromatic N) is 3. The normalized spacial score (nSPS) is 20.1. The highest BCUT2D eigenvalue weighted by Crippen LogP contribution is 2.42. The third kappa shape index (κ3) is 10.2. The number of nitrogens with one attached hydrogen (secondary N) is 4. The molecule has 1 aliphatic heterocycles. The van der Waals surface area contributed by atoms with E-state index in [-0.39, 0.29) is 42.8 Å². The van der Waals surface area contributed by atoms with E-state index in [1.807, 2.05) is 0 Å². The summed E-state index contributed by atoms with van der Waals surface area (Å²) in [5, 5.41) is 20.3. The second-order valence-corrected chi connectivity index (χ2v) is 14.6. The SMILES string of the molecule is CCCC(NC(=O)[C@@H]1[C@H]2CCC[C@H]2CN1C(=O)[C@@H](NC(=O)[C@H](NC(=O)c1cnccn1)C(C)C)C(C)C)C(=O)C(=O)N[C@H](Cc1ccccc1)C(=O)O. The molecule has 0 bridgehead atoms. The predicted octanol–water partition coefficient (Wildman–Crippen LogP) is 1.67. The van der Waals surface area contributed by atoms with E-state index in [9.17, 15) is 38.7 Å². The van der Waals surface area contributed by atoms with Gasteiger partial charge in [-0.1, -0.05) is 77.8 Å². The molecule has 286 valence electrons. The molecule has 1 saturated heterocycles. The first-order chi connectivity index (χ1) is 25.2. The van der Waals surface area contributed by atoms with Gasteiger partial charge in [-0.25, -0.2) is 9.78 Å². The van der Waals surface area contributed by atoms with Crippen LogP contribution in [0.4, 0.5) is 0 Å². The van der Waals surface area contributed by atoms with Gasteiger partial charge in [0, 0.05) is 25.4 Å². The second-order valence-electron chi connectivity index (χ2n) is 14.6.